The van der Waals surface area contributed by atoms with Crippen molar-refractivity contribution in [3.8, 4) is 11.6 Å². The van der Waals surface area contributed by atoms with Crippen LogP contribution in [-0.4, -0.2) is 17.0 Å². The van der Waals surface area contributed by atoms with Gasteiger partial charge in [-0.05, 0) is 30.8 Å². The predicted molar refractivity (Wildman–Crippen MR) is 78.8 cm³/mol. The van der Waals surface area contributed by atoms with E-state index in [9.17, 15) is 0 Å². The maximum absolute atomic E-state index is 5.75. The number of fused-ring (bicyclic) bond motifs is 1. The average Bonchev–Trinajstić information content (AvgIpc) is 2.49. The van der Waals surface area contributed by atoms with Gasteiger partial charge in [0.2, 0.25) is 5.88 Å². The molecule has 0 amide bonds. The summed E-state index contributed by atoms with van der Waals surface area (Å²) in [4.78, 5) is 8.60. The van der Waals surface area contributed by atoms with Gasteiger partial charge < -0.3 is 10.1 Å². The third kappa shape index (κ3) is 2.75. The Morgan fingerprint density at radius 2 is 2.05 bits per heavy atom. The zero-order chi connectivity index (χ0) is 13.8. The molecule has 0 radical (unpaired) electrons. The van der Waals surface area contributed by atoms with Crippen molar-refractivity contribution in [2.75, 3.05) is 7.05 Å². The molecule has 0 saturated carbocycles. The summed E-state index contributed by atoms with van der Waals surface area (Å²) >= 11 is 0. The van der Waals surface area contributed by atoms with Crippen LogP contribution in [0.25, 0.3) is 10.9 Å². The van der Waals surface area contributed by atoms with E-state index in [0.717, 1.165) is 28.8 Å². The van der Waals surface area contributed by atoms with Gasteiger partial charge in [-0.3, -0.25) is 4.98 Å². The van der Waals surface area contributed by atoms with Crippen molar-refractivity contribution in [1.29, 1.82) is 0 Å². The van der Waals surface area contributed by atoms with Gasteiger partial charge in [-0.15, -0.1) is 0 Å². The molecule has 2 aromatic heterocycles. The highest BCUT2D eigenvalue weighted by molar-refractivity contribution is 5.79. The summed E-state index contributed by atoms with van der Waals surface area (Å²) in [6, 6.07) is 13.6. The summed E-state index contributed by atoms with van der Waals surface area (Å²) in [6.07, 6.45) is 3.59. The van der Waals surface area contributed by atoms with Crippen LogP contribution in [0.1, 0.15) is 5.56 Å². The molecule has 2 heterocycles. The summed E-state index contributed by atoms with van der Waals surface area (Å²) in [6.45, 7) is 0.799. The molecular weight excluding hydrogens is 250 g/mol. The second-order valence-electron chi connectivity index (χ2n) is 4.49. The maximum atomic E-state index is 5.75. The molecule has 0 saturated heterocycles. The molecule has 20 heavy (non-hydrogen) atoms. The van der Waals surface area contributed by atoms with Crippen molar-refractivity contribution in [3.05, 3.63) is 60.4 Å². The number of ether oxygens (including phenoxy) is 1. The number of aromatic nitrogens is 2. The summed E-state index contributed by atoms with van der Waals surface area (Å²) in [5, 5.41) is 4.18. The highest BCUT2D eigenvalue weighted by Gasteiger charge is 2.01. The molecule has 0 unspecified atom stereocenters. The van der Waals surface area contributed by atoms with Crippen LogP contribution in [0.15, 0.2) is 54.9 Å². The number of hydrogen-bond donors (Lipinski definition) is 1. The second-order valence-corrected chi connectivity index (χ2v) is 4.49. The SMILES string of the molecule is CNCc1ccc(Oc2ccc3cccnc3c2)nc1. The van der Waals surface area contributed by atoms with Crippen LogP contribution < -0.4 is 10.1 Å². The average molecular weight is 265 g/mol. The Hall–Kier alpha value is -2.46. The van der Waals surface area contributed by atoms with Crippen LogP contribution in [0.2, 0.25) is 0 Å². The van der Waals surface area contributed by atoms with Gasteiger partial charge in [0, 0.05) is 36.5 Å². The van der Waals surface area contributed by atoms with Gasteiger partial charge in [0.15, 0.2) is 0 Å². The van der Waals surface area contributed by atoms with E-state index in [1.165, 1.54) is 0 Å². The quantitative estimate of drug-likeness (QED) is 0.787. The third-order valence-electron chi connectivity index (χ3n) is 2.98. The van der Waals surface area contributed by atoms with Crippen molar-refractivity contribution in [1.82, 2.24) is 15.3 Å². The largest absolute Gasteiger partial charge is 0.439 e. The summed E-state index contributed by atoms with van der Waals surface area (Å²) in [5.74, 6) is 1.32. The maximum Gasteiger partial charge on any atom is 0.219 e. The summed E-state index contributed by atoms with van der Waals surface area (Å²) < 4.78 is 5.75. The molecule has 4 heteroatoms. The van der Waals surface area contributed by atoms with Crippen molar-refractivity contribution in [3.63, 3.8) is 0 Å². The Morgan fingerprint density at radius 1 is 1.10 bits per heavy atom. The minimum atomic E-state index is 0.583. The summed E-state index contributed by atoms with van der Waals surface area (Å²) in [5.41, 5.74) is 2.04. The molecule has 3 aromatic rings. The molecule has 0 atom stereocenters. The zero-order valence-electron chi connectivity index (χ0n) is 11.2. The minimum Gasteiger partial charge on any atom is -0.439 e. The van der Waals surface area contributed by atoms with E-state index < -0.39 is 0 Å². The molecule has 0 aliphatic heterocycles. The standard InChI is InChI=1S/C16H15N3O/c1-17-10-12-4-7-16(19-11-12)20-14-6-5-13-3-2-8-18-15(13)9-14/h2-9,11,17H,10H2,1H3. The third-order valence-corrected chi connectivity index (χ3v) is 2.98. The van der Waals surface area contributed by atoms with Gasteiger partial charge >= 0.3 is 0 Å². The lowest BCUT2D eigenvalue weighted by Gasteiger charge is -2.06. The lowest BCUT2D eigenvalue weighted by Crippen LogP contribution is -2.05. The number of hydrogen-bond acceptors (Lipinski definition) is 4. The number of nitrogens with one attached hydrogen (secondary N) is 1. The number of nitrogens with zero attached hydrogens (tertiary/aromatic N) is 2. The van der Waals surface area contributed by atoms with Gasteiger partial charge in [-0.2, -0.15) is 0 Å². The summed E-state index contributed by atoms with van der Waals surface area (Å²) in [7, 11) is 1.91. The van der Waals surface area contributed by atoms with Crippen molar-refractivity contribution < 1.29 is 4.74 Å². The van der Waals surface area contributed by atoms with Gasteiger partial charge in [0.05, 0.1) is 5.52 Å². The molecule has 0 spiro atoms. The first-order chi connectivity index (χ1) is 9.85. The van der Waals surface area contributed by atoms with E-state index >= 15 is 0 Å². The van der Waals surface area contributed by atoms with Crippen LogP contribution in [0.4, 0.5) is 0 Å². The molecule has 0 bridgehead atoms. The monoisotopic (exact) mass is 265 g/mol. The van der Waals surface area contributed by atoms with Crippen LogP contribution in [-0.2, 0) is 6.54 Å². The van der Waals surface area contributed by atoms with E-state index in [1.54, 1.807) is 6.20 Å². The van der Waals surface area contributed by atoms with Gasteiger partial charge in [0.1, 0.15) is 5.75 Å². The Kier molecular flexibility index (Phi) is 3.56. The molecule has 0 fully saturated rings. The number of pyridine rings is 2. The Labute approximate surface area is 117 Å². The Morgan fingerprint density at radius 3 is 2.85 bits per heavy atom. The number of benzene rings is 1. The normalized spacial score (nSPS) is 10.7. The Bertz CT molecular complexity index is 710. The fraction of sp³-hybridized carbons (Fsp3) is 0.125. The van der Waals surface area contributed by atoms with Crippen molar-refractivity contribution in [2.45, 2.75) is 6.54 Å². The van der Waals surface area contributed by atoms with Crippen molar-refractivity contribution in [2.24, 2.45) is 0 Å². The van der Waals surface area contributed by atoms with E-state index in [0.29, 0.717) is 5.88 Å². The van der Waals surface area contributed by atoms with Crippen LogP contribution in [0.5, 0.6) is 11.6 Å². The molecule has 3 rings (SSSR count). The van der Waals surface area contributed by atoms with Crippen LogP contribution >= 0.6 is 0 Å². The highest BCUT2D eigenvalue weighted by Crippen LogP contribution is 2.23. The minimum absolute atomic E-state index is 0.583. The van der Waals surface area contributed by atoms with E-state index in [-0.39, 0.29) is 0 Å². The van der Waals surface area contributed by atoms with Crippen LogP contribution in [0, 0.1) is 0 Å². The fourth-order valence-electron chi connectivity index (χ4n) is 2.01. The smallest absolute Gasteiger partial charge is 0.219 e. The lowest BCUT2D eigenvalue weighted by molar-refractivity contribution is 0.463. The first-order valence-electron chi connectivity index (χ1n) is 6.47. The molecule has 1 N–H and O–H groups in total. The lowest BCUT2D eigenvalue weighted by atomic mass is 10.2. The molecule has 4 nitrogen and oxygen atoms in total. The predicted octanol–water partition coefficient (Wildman–Crippen LogP) is 3.14. The first kappa shape index (κ1) is 12.6. The highest BCUT2D eigenvalue weighted by atomic mass is 16.5. The Balaban J connectivity index is 1.81. The molecule has 0 aliphatic rings. The van der Waals surface area contributed by atoms with Gasteiger partial charge in [-0.1, -0.05) is 12.1 Å². The molecule has 100 valence electrons. The van der Waals surface area contributed by atoms with Gasteiger partial charge in [0.25, 0.3) is 0 Å². The van der Waals surface area contributed by atoms with E-state index in [1.807, 2.05) is 55.7 Å². The molecule has 1 aromatic carbocycles. The zero-order valence-corrected chi connectivity index (χ0v) is 11.2. The van der Waals surface area contributed by atoms with Crippen molar-refractivity contribution >= 4 is 10.9 Å². The fourth-order valence-corrected chi connectivity index (χ4v) is 2.01. The van der Waals surface area contributed by atoms with E-state index in [2.05, 4.69) is 15.3 Å². The first-order valence-corrected chi connectivity index (χ1v) is 6.47. The second kappa shape index (κ2) is 5.67. The van der Waals surface area contributed by atoms with Gasteiger partial charge in [-0.25, -0.2) is 4.98 Å². The van der Waals surface area contributed by atoms with E-state index in [4.69, 9.17) is 4.74 Å². The van der Waals surface area contributed by atoms with Crippen LogP contribution in [0.3, 0.4) is 0 Å². The molecule has 0 aliphatic carbocycles. The molecular formula is C16H15N3O. The number of rotatable bonds is 4. The topological polar surface area (TPSA) is 47.0 Å².